The molecule has 0 heterocycles. The molecule has 1 nitrogen and oxygen atoms in total. The van der Waals surface area contributed by atoms with Crippen LogP contribution in [0.25, 0.3) is 0 Å². The molecule has 19 heavy (non-hydrogen) atoms. The zero-order chi connectivity index (χ0) is 14.8. The Bertz CT molecular complexity index is 336. The molecule has 0 fully saturated rings. The van der Waals surface area contributed by atoms with Crippen molar-refractivity contribution in [1.29, 1.82) is 5.26 Å². The molecule has 0 saturated carbocycles. The molecule has 0 saturated heterocycles. The first-order chi connectivity index (χ1) is 7.93. The number of hydrogen-bond donors (Lipinski definition) is 0. The number of benzene rings is 1. The van der Waals surface area contributed by atoms with Crippen molar-refractivity contribution in [2.45, 2.75) is 0 Å². The first-order valence-corrected chi connectivity index (χ1v) is 4.13. The Kier molecular flexibility index (Phi) is 13.1. The van der Waals surface area contributed by atoms with Gasteiger partial charge in [0.2, 0.25) is 0 Å². The maximum atomic E-state index is 9.75. The van der Waals surface area contributed by atoms with E-state index in [0.717, 1.165) is 0 Å². The minimum absolute atomic E-state index is 0. The van der Waals surface area contributed by atoms with Gasteiger partial charge in [-0.2, -0.15) is 5.26 Å². The van der Waals surface area contributed by atoms with E-state index in [1.807, 2.05) is 24.3 Å². The van der Waals surface area contributed by atoms with Crippen molar-refractivity contribution in [3.8, 4) is 6.07 Å². The molecule has 0 amide bonds. The average molecular weight is 383 g/mol. The molecule has 0 atom stereocenters. The van der Waals surface area contributed by atoms with E-state index >= 15 is 0 Å². The van der Waals surface area contributed by atoms with Gasteiger partial charge in [0.05, 0.1) is 11.6 Å². The van der Waals surface area contributed by atoms with Crippen LogP contribution in [0.15, 0.2) is 30.3 Å². The Hall–Kier alpha value is -1.06. The van der Waals surface area contributed by atoms with Crippen LogP contribution in [0.1, 0.15) is 5.56 Å². The van der Waals surface area contributed by atoms with Crippen LogP contribution in [-0.2, 0) is 20.4 Å². The zero-order valence-electron chi connectivity index (χ0n) is 8.83. The predicted molar refractivity (Wildman–Crippen MR) is 51.5 cm³/mol. The Morgan fingerprint density at radius 2 is 1.00 bits per heavy atom. The second-order valence-electron chi connectivity index (χ2n) is 2.47. The standard InChI is InChI=1S/C7H5N.2BF4.Pd/c8-6-7-4-2-1-3-5-7;2*2-1(3,4)5;/h1-5H;;;/q;2*-1;+2. The Balaban J connectivity index is -0.000000208. The largest absolute Gasteiger partial charge is 2.00 e. The topological polar surface area (TPSA) is 23.8 Å². The first kappa shape index (κ1) is 23.1. The van der Waals surface area contributed by atoms with E-state index < -0.39 is 14.5 Å². The fourth-order valence-electron chi connectivity index (χ4n) is 0.513. The summed E-state index contributed by atoms with van der Waals surface area (Å²) in [5.41, 5.74) is 0.715. The predicted octanol–water partition coefficient (Wildman–Crippen LogP) is 4.16. The van der Waals surface area contributed by atoms with E-state index in [-0.39, 0.29) is 20.4 Å². The molecule has 110 valence electrons. The Morgan fingerprint density at radius 1 is 0.737 bits per heavy atom. The number of rotatable bonds is 0. The third kappa shape index (κ3) is 47.3. The van der Waals surface area contributed by atoms with Gasteiger partial charge in [0, 0.05) is 0 Å². The van der Waals surface area contributed by atoms with Gasteiger partial charge in [-0.1, -0.05) is 18.2 Å². The molecule has 1 aromatic rings. The molecule has 0 radical (unpaired) electrons. The quantitative estimate of drug-likeness (QED) is 0.488. The minimum atomic E-state index is -6.00. The molecule has 1 aromatic carbocycles. The third-order valence-corrected chi connectivity index (χ3v) is 0.903. The van der Waals surface area contributed by atoms with Crippen LogP contribution in [0.4, 0.5) is 34.5 Å². The fourth-order valence-corrected chi connectivity index (χ4v) is 0.513. The molecule has 0 spiro atoms. The molecule has 0 unspecified atom stereocenters. The minimum Gasteiger partial charge on any atom is -0.418 e. The van der Waals surface area contributed by atoms with Gasteiger partial charge >= 0.3 is 34.9 Å². The van der Waals surface area contributed by atoms with Gasteiger partial charge in [-0.25, -0.2) is 0 Å². The van der Waals surface area contributed by atoms with Crippen LogP contribution in [0, 0.1) is 11.3 Å². The molecule has 0 aliphatic rings. The molecule has 0 aliphatic heterocycles. The summed E-state index contributed by atoms with van der Waals surface area (Å²) in [4.78, 5) is 0. The molecule has 1 rings (SSSR count). The van der Waals surface area contributed by atoms with E-state index in [2.05, 4.69) is 0 Å². The average Bonchev–Trinajstić information content (AvgIpc) is 2.14. The summed E-state index contributed by atoms with van der Waals surface area (Å²) in [6, 6.07) is 11.2. The van der Waals surface area contributed by atoms with Crippen molar-refractivity contribution < 1.29 is 54.9 Å². The van der Waals surface area contributed by atoms with Crippen LogP contribution < -0.4 is 0 Å². The van der Waals surface area contributed by atoms with E-state index in [9.17, 15) is 34.5 Å². The molecule has 0 aliphatic carbocycles. The van der Waals surface area contributed by atoms with Gasteiger partial charge < -0.3 is 34.5 Å². The maximum Gasteiger partial charge on any atom is 2.00 e. The van der Waals surface area contributed by atoms with Crippen molar-refractivity contribution >= 4 is 14.5 Å². The van der Waals surface area contributed by atoms with Gasteiger partial charge in [0.15, 0.2) is 0 Å². The smallest absolute Gasteiger partial charge is 0.418 e. The summed E-state index contributed by atoms with van der Waals surface area (Å²) in [7, 11) is -12.0. The molecule has 0 bridgehead atoms. The fraction of sp³-hybridized carbons (Fsp3) is 0. The number of halogens is 8. The van der Waals surface area contributed by atoms with Gasteiger partial charge in [-0.3, -0.25) is 0 Å². The summed E-state index contributed by atoms with van der Waals surface area (Å²) in [5, 5.41) is 8.29. The van der Waals surface area contributed by atoms with E-state index in [1.54, 1.807) is 12.1 Å². The van der Waals surface area contributed by atoms with Crippen molar-refractivity contribution in [2.24, 2.45) is 0 Å². The monoisotopic (exact) mass is 383 g/mol. The number of nitrogens with zero attached hydrogens (tertiary/aromatic N) is 1. The van der Waals surface area contributed by atoms with Crippen LogP contribution in [-0.4, -0.2) is 14.5 Å². The van der Waals surface area contributed by atoms with E-state index in [4.69, 9.17) is 5.26 Å². The molecule has 0 N–H and O–H groups in total. The molecule has 12 heteroatoms. The van der Waals surface area contributed by atoms with Gasteiger partial charge in [0.25, 0.3) is 0 Å². The second-order valence-corrected chi connectivity index (χ2v) is 2.47. The van der Waals surface area contributed by atoms with Crippen molar-refractivity contribution in [3.63, 3.8) is 0 Å². The van der Waals surface area contributed by atoms with Crippen molar-refractivity contribution in [2.75, 3.05) is 0 Å². The number of hydrogen-bond acceptors (Lipinski definition) is 1. The zero-order valence-corrected chi connectivity index (χ0v) is 10.4. The Morgan fingerprint density at radius 3 is 1.16 bits per heavy atom. The van der Waals surface area contributed by atoms with Gasteiger partial charge in [-0.15, -0.1) is 0 Å². The second kappa shape index (κ2) is 10.8. The van der Waals surface area contributed by atoms with Gasteiger partial charge in [0.1, 0.15) is 0 Å². The molecule has 0 aromatic heterocycles. The Labute approximate surface area is 117 Å². The normalized spacial score (nSPS) is 9.63. The summed E-state index contributed by atoms with van der Waals surface area (Å²) >= 11 is 0. The van der Waals surface area contributed by atoms with Crippen LogP contribution in [0.2, 0.25) is 0 Å². The van der Waals surface area contributed by atoms with E-state index in [0.29, 0.717) is 5.56 Å². The summed E-state index contributed by atoms with van der Waals surface area (Å²) in [6.07, 6.45) is 0. The van der Waals surface area contributed by atoms with Crippen molar-refractivity contribution in [1.82, 2.24) is 0 Å². The van der Waals surface area contributed by atoms with Crippen LogP contribution >= 0.6 is 0 Å². The SMILES string of the molecule is F[B-](F)(F)F.F[B-](F)(F)F.N#Cc1ccccc1.[Pd+2]. The molecular formula is C7H5B2F8NPd. The van der Waals surface area contributed by atoms with Crippen LogP contribution in [0.3, 0.4) is 0 Å². The van der Waals surface area contributed by atoms with Crippen LogP contribution in [0.5, 0.6) is 0 Å². The first-order valence-electron chi connectivity index (χ1n) is 4.13. The van der Waals surface area contributed by atoms with Gasteiger partial charge in [-0.05, 0) is 12.1 Å². The van der Waals surface area contributed by atoms with E-state index in [1.165, 1.54) is 0 Å². The van der Waals surface area contributed by atoms with Crippen molar-refractivity contribution in [3.05, 3.63) is 35.9 Å². The maximum absolute atomic E-state index is 9.75. The summed E-state index contributed by atoms with van der Waals surface area (Å²) in [6.45, 7) is 0. The molecular weight excluding hydrogens is 378 g/mol. The third-order valence-electron chi connectivity index (χ3n) is 0.903. The summed E-state index contributed by atoms with van der Waals surface area (Å²) < 4.78 is 78.0. The number of nitriles is 1. The summed E-state index contributed by atoms with van der Waals surface area (Å²) in [5.74, 6) is 0.